The first-order valence-corrected chi connectivity index (χ1v) is 21.8. The Morgan fingerprint density at radius 1 is 0.250 bits per heavy atom. The van der Waals surface area contributed by atoms with E-state index in [1.165, 1.54) is 22.1 Å². The Morgan fingerprint density at radius 2 is 0.547 bits per heavy atom. The highest BCUT2D eigenvalue weighted by Crippen LogP contribution is 2.41. The fraction of sp³-hybridized carbons (Fsp3) is 0. The average Bonchev–Trinajstić information content (AvgIpc) is 3.37. The van der Waals surface area contributed by atoms with Crippen molar-refractivity contribution in [1.82, 2.24) is 0 Å². The fourth-order valence-electron chi connectivity index (χ4n) is 8.97. The van der Waals surface area contributed by atoms with Crippen LogP contribution in [-0.2, 0) is 0 Å². The largest absolute Gasteiger partial charge is 0.355 e. The molecule has 4 heteroatoms. The summed E-state index contributed by atoms with van der Waals surface area (Å²) >= 11 is 0. The van der Waals surface area contributed by atoms with E-state index >= 15 is 0 Å². The number of para-hydroxylation sites is 4. The van der Waals surface area contributed by atoms with E-state index in [-0.39, 0.29) is 0 Å². The SMILES string of the molecule is [B]1c2ccccc2-c2cc(-c3ccc(N(c4ccccc4)c4ccccc4)cc3)ccc2Nc2ccc(-c3ccc(N(c4ccccc4)c4ccccc4)cc3)cc2-c2ccccc21. The number of hydrogen-bond donors (Lipinski definition) is 1. The van der Waals surface area contributed by atoms with E-state index in [9.17, 15) is 0 Å². The van der Waals surface area contributed by atoms with E-state index in [2.05, 4.69) is 277 Å². The first-order valence-electron chi connectivity index (χ1n) is 21.8. The van der Waals surface area contributed by atoms with Crippen molar-refractivity contribution in [3.8, 4) is 44.5 Å². The molecule has 1 aliphatic rings. The van der Waals surface area contributed by atoms with Crippen LogP contribution in [0, 0.1) is 0 Å². The fourth-order valence-corrected chi connectivity index (χ4v) is 8.97. The highest BCUT2D eigenvalue weighted by Gasteiger charge is 2.21. The Hall–Kier alpha value is -8.34. The Balaban J connectivity index is 0.967. The van der Waals surface area contributed by atoms with Gasteiger partial charge in [-0.05, 0) is 130 Å². The lowest BCUT2D eigenvalue weighted by molar-refractivity contribution is 1.28. The van der Waals surface area contributed by atoms with Gasteiger partial charge in [-0.3, -0.25) is 0 Å². The Labute approximate surface area is 376 Å². The van der Waals surface area contributed by atoms with Gasteiger partial charge in [0, 0.05) is 56.6 Å². The van der Waals surface area contributed by atoms with Crippen LogP contribution in [-0.4, -0.2) is 7.28 Å². The van der Waals surface area contributed by atoms with Gasteiger partial charge in [-0.2, -0.15) is 0 Å². The van der Waals surface area contributed by atoms with Crippen LogP contribution in [0.15, 0.2) is 255 Å². The van der Waals surface area contributed by atoms with Crippen LogP contribution in [0.3, 0.4) is 0 Å². The topological polar surface area (TPSA) is 18.5 Å². The lowest BCUT2D eigenvalue weighted by Gasteiger charge is -2.26. The molecule has 0 spiro atoms. The van der Waals surface area contributed by atoms with Gasteiger partial charge in [-0.15, -0.1) is 0 Å². The molecule has 0 fully saturated rings. The number of fused-ring (bicyclic) bond motifs is 6. The Kier molecular flexibility index (Phi) is 10.4. The van der Waals surface area contributed by atoms with Gasteiger partial charge in [0.1, 0.15) is 0 Å². The third-order valence-electron chi connectivity index (χ3n) is 12.1. The second-order valence-corrected chi connectivity index (χ2v) is 16.1. The first-order chi connectivity index (χ1) is 31.7. The molecule has 10 aromatic rings. The normalized spacial score (nSPS) is 11.4. The van der Waals surface area contributed by atoms with E-state index in [1.807, 2.05) is 0 Å². The van der Waals surface area contributed by atoms with Gasteiger partial charge in [0.15, 0.2) is 7.28 Å². The Morgan fingerprint density at radius 3 is 0.906 bits per heavy atom. The molecule has 301 valence electrons. The minimum Gasteiger partial charge on any atom is -0.355 e. The summed E-state index contributed by atoms with van der Waals surface area (Å²) in [5.41, 5.74) is 20.4. The lowest BCUT2D eigenvalue weighted by atomic mass is 9.59. The molecule has 0 bridgehead atoms. The van der Waals surface area contributed by atoms with Gasteiger partial charge in [0.05, 0.1) is 0 Å². The molecule has 10 aromatic carbocycles. The molecule has 0 amide bonds. The standard InChI is InChI=1S/C60H43BN3/c1-5-17-47(18-6-1)63(48-19-7-2-8-20-48)51-35-29-43(30-36-51)45-33-39-59-55(41-45)53-25-13-15-27-57(53)61-58-28-16-14-26-54(58)56-42-46(34-40-60(56)62-59)44-31-37-52(38-32-44)64(49-21-9-3-10-22-49)50-23-11-4-12-24-50/h1-42,62H. The zero-order valence-electron chi connectivity index (χ0n) is 35.2. The van der Waals surface area contributed by atoms with Crippen LogP contribution in [0.4, 0.5) is 45.5 Å². The molecule has 1 aliphatic heterocycles. The predicted molar refractivity (Wildman–Crippen MR) is 272 cm³/mol. The van der Waals surface area contributed by atoms with Crippen LogP contribution in [0.1, 0.15) is 0 Å². The van der Waals surface area contributed by atoms with Crippen molar-refractivity contribution < 1.29 is 0 Å². The molecule has 0 aliphatic carbocycles. The monoisotopic (exact) mass is 816 g/mol. The zero-order valence-corrected chi connectivity index (χ0v) is 35.2. The number of anilines is 8. The molecule has 1 radical (unpaired) electrons. The number of hydrogen-bond acceptors (Lipinski definition) is 3. The minimum absolute atomic E-state index is 1.06. The maximum Gasteiger partial charge on any atom is 0.193 e. The molecular formula is C60H43BN3. The van der Waals surface area contributed by atoms with Crippen LogP contribution < -0.4 is 26.0 Å². The summed E-state index contributed by atoms with van der Waals surface area (Å²) in [6.07, 6.45) is 0. The van der Waals surface area contributed by atoms with E-state index in [0.29, 0.717) is 0 Å². The smallest absolute Gasteiger partial charge is 0.193 e. The highest BCUT2D eigenvalue weighted by molar-refractivity contribution is 6.70. The predicted octanol–water partition coefficient (Wildman–Crippen LogP) is 15.0. The zero-order chi connectivity index (χ0) is 42.7. The summed E-state index contributed by atoms with van der Waals surface area (Å²) in [5, 5.41) is 3.94. The van der Waals surface area contributed by atoms with Crippen LogP contribution in [0.2, 0.25) is 0 Å². The van der Waals surface area contributed by atoms with Gasteiger partial charge in [-0.1, -0.05) is 169 Å². The molecule has 0 unspecified atom stereocenters. The van der Waals surface area contributed by atoms with Crippen LogP contribution in [0.5, 0.6) is 0 Å². The van der Waals surface area contributed by atoms with Gasteiger partial charge in [-0.25, -0.2) is 0 Å². The van der Waals surface area contributed by atoms with Crippen molar-refractivity contribution in [1.29, 1.82) is 0 Å². The summed E-state index contributed by atoms with van der Waals surface area (Å²) in [6.45, 7) is 0. The maximum absolute atomic E-state index is 3.94. The molecule has 3 nitrogen and oxygen atoms in total. The molecule has 1 N–H and O–H groups in total. The van der Waals surface area contributed by atoms with E-state index < -0.39 is 0 Å². The second kappa shape index (κ2) is 17.2. The second-order valence-electron chi connectivity index (χ2n) is 16.1. The van der Waals surface area contributed by atoms with E-state index in [1.54, 1.807) is 0 Å². The van der Waals surface area contributed by atoms with E-state index in [4.69, 9.17) is 0 Å². The quantitative estimate of drug-likeness (QED) is 0.154. The Bertz CT molecular complexity index is 2890. The first kappa shape index (κ1) is 38.6. The molecule has 1 heterocycles. The number of benzene rings is 10. The van der Waals surface area contributed by atoms with Crippen molar-refractivity contribution >= 4 is 63.7 Å². The summed E-state index contributed by atoms with van der Waals surface area (Å²) in [7, 11) is 2.34. The lowest BCUT2D eigenvalue weighted by Crippen LogP contribution is -2.30. The van der Waals surface area contributed by atoms with Crippen LogP contribution in [0.25, 0.3) is 44.5 Å². The molecule has 11 rings (SSSR count). The van der Waals surface area contributed by atoms with E-state index in [0.717, 1.165) is 78.9 Å². The summed E-state index contributed by atoms with van der Waals surface area (Å²) < 4.78 is 0. The highest BCUT2D eigenvalue weighted by atomic mass is 15.1. The van der Waals surface area contributed by atoms with Gasteiger partial charge in [0.2, 0.25) is 0 Å². The molecule has 0 saturated heterocycles. The summed E-state index contributed by atoms with van der Waals surface area (Å²) in [4.78, 5) is 4.60. The third kappa shape index (κ3) is 7.63. The average molecular weight is 817 g/mol. The third-order valence-corrected chi connectivity index (χ3v) is 12.1. The summed E-state index contributed by atoms with van der Waals surface area (Å²) in [5.74, 6) is 0. The van der Waals surface area contributed by atoms with Crippen molar-refractivity contribution in [2.45, 2.75) is 0 Å². The van der Waals surface area contributed by atoms with Gasteiger partial charge in [0.25, 0.3) is 0 Å². The molecular weight excluding hydrogens is 773 g/mol. The van der Waals surface area contributed by atoms with Gasteiger partial charge < -0.3 is 15.1 Å². The molecule has 0 aromatic heterocycles. The molecule has 64 heavy (non-hydrogen) atoms. The van der Waals surface area contributed by atoms with Crippen molar-refractivity contribution in [2.24, 2.45) is 0 Å². The molecule has 0 saturated carbocycles. The van der Waals surface area contributed by atoms with Gasteiger partial charge >= 0.3 is 0 Å². The summed E-state index contributed by atoms with van der Waals surface area (Å²) in [6, 6.07) is 91.2. The van der Waals surface area contributed by atoms with Crippen LogP contribution >= 0.6 is 0 Å². The number of rotatable bonds is 8. The van der Waals surface area contributed by atoms with Crippen molar-refractivity contribution in [2.75, 3.05) is 15.1 Å². The minimum atomic E-state index is 1.06. The number of nitrogens with zero attached hydrogens (tertiary/aromatic N) is 2. The molecule has 0 atom stereocenters. The van der Waals surface area contributed by atoms with Crippen molar-refractivity contribution in [3.63, 3.8) is 0 Å². The number of nitrogens with one attached hydrogen (secondary N) is 1. The van der Waals surface area contributed by atoms with Crippen molar-refractivity contribution in [3.05, 3.63) is 255 Å². The maximum atomic E-state index is 3.94.